The molecule has 0 spiro atoms. The molecule has 1 fully saturated rings. The highest BCUT2D eigenvalue weighted by atomic mass is 35.5. The zero-order valence-electron chi connectivity index (χ0n) is 13.2. The fourth-order valence-corrected chi connectivity index (χ4v) is 2.53. The van der Waals surface area contributed by atoms with E-state index in [9.17, 15) is 9.59 Å². The second-order valence-electron chi connectivity index (χ2n) is 5.53. The highest BCUT2D eigenvalue weighted by Gasteiger charge is 2.27. The van der Waals surface area contributed by atoms with Crippen molar-refractivity contribution in [1.82, 2.24) is 5.32 Å². The number of likely N-dealkylation sites (N-methyl/N-ethyl adjacent to an activating group) is 1. The molecule has 0 saturated heterocycles. The van der Waals surface area contributed by atoms with Gasteiger partial charge in [0.25, 0.3) is 5.91 Å². The molecule has 2 atom stereocenters. The molecule has 2 rings (SSSR count). The number of nitrogens with one attached hydrogen (secondary N) is 2. The lowest BCUT2D eigenvalue weighted by Gasteiger charge is -2.11. The number of hydrogen-bond donors (Lipinski definition) is 3. The van der Waals surface area contributed by atoms with E-state index in [1.54, 1.807) is 24.3 Å². The molecule has 0 aliphatic heterocycles. The molecule has 6 nitrogen and oxygen atoms in total. The Morgan fingerprint density at radius 2 is 1.96 bits per heavy atom. The van der Waals surface area contributed by atoms with Crippen molar-refractivity contribution in [2.24, 2.45) is 11.7 Å². The lowest BCUT2D eigenvalue weighted by Crippen LogP contribution is -2.28. The first-order chi connectivity index (χ1) is 10.6. The summed E-state index contributed by atoms with van der Waals surface area (Å²) >= 11 is 0. The largest absolute Gasteiger partial charge is 0.484 e. The molecule has 0 bridgehead atoms. The quantitative estimate of drug-likeness (QED) is 0.734. The summed E-state index contributed by atoms with van der Waals surface area (Å²) in [5.74, 6) is 0.456. The van der Waals surface area contributed by atoms with E-state index < -0.39 is 0 Å². The Kier molecular flexibility index (Phi) is 7.85. The van der Waals surface area contributed by atoms with E-state index in [4.69, 9.17) is 10.5 Å². The lowest BCUT2D eigenvalue weighted by atomic mass is 10.1. The average Bonchev–Trinajstić information content (AvgIpc) is 2.93. The summed E-state index contributed by atoms with van der Waals surface area (Å²) in [6.45, 7) is 2.42. The van der Waals surface area contributed by atoms with E-state index >= 15 is 0 Å². The van der Waals surface area contributed by atoms with Crippen molar-refractivity contribution in [3.63, 3.8) is 0 Å². The van der Waals surface area contributed by atoms with E-state index in [1.165, 1.54) is 0 Å². The fourth-order valence-electron chi connectivity index (χ4n) is 2.53. The maximum absolute atomic E-state index is 12.1. The van der Waals surface area contributed by atoms with Crippen LogP contribution in [0.25, 0.3) is 0 Å². The van der Waals surface area contributed by atoms with E-state index in [2.05, 4.69) is 10.6 Å². The van der Waals surface area contributed by atoms with Crippen LogP contribution in [0.5, 0.6) is 5.75 Å². The number of carbonyl (C=O) groups is 2. The van der Waals surface area contributed by atoms with Gasteiger partial charge in [-0.15, -0.1) is 12.4 Å². The van der Waals surface area contributed by atoms with Crippen LogP contribution in [0.4, 0.5) is 5.69 Å². The van der Waals surface area contributed by atoms with Gasteiger partial charge in [0, 0.05) is 24.2 Å². The number of ether oxygens (including phenoxy) is 1. The van der Waals surface area contributed by atoms with Gasteiger partial charge in [0.05, 0.1) is 0 Å². The van der Waals surface area contributed by atoms with Gasteiger partial charge in [-0.1, -0.05) is 0 Å². The number of anilines is 1. The highest BCUT2D eigenvalue weighted by molar-refractivity contribution is 5.92. The maximum Gasteiger partial charge on any atom is 0.257 e. The molecule has 0 aromatic heterocycles. The van der Waals surface area contributed by atoms with Crippen molar-refractivity contribution < 1.29 is 14.3 Å². The molecule has 128 valence electrons. The first-order valence-electron chi connectivity index (χ1n) is 7.64. The van der Waals surface area contributed by atoms with Gasteiger partial charge in [0.15, 0.2) is 6.61 Å². The van der Waals surface area contributed by atoms with E-state index in [0.29, 0.717) is 12.3 Å². The topological polar surface area (TPSA) is 93.5 Å². The van der Waals surface area contributed by atoms with Crippen molar-refractivity contribution >= 4 is 29.9 Å². The monoisotopic (exact) mass is 341 g/mol. The molecule has 0 radical (unpaired) electrons. The van der Waals surface area contributed by atoms with Gasteiger partial charge in [-0.05, 0) is 50.5 Å². The molecular formula is C16H24ClN3O3. The summed E-state index contributed by atoms with van der Waals surface area (Å²) in [6.07, 6.45) is 2.50. The van der Waals surface area contributed by atoms with Crippen molar-refractivity contribution in [2.75, 3.05) is 18.5 Å². The van der Waals surface area contributed by atoms with Gasteiger partial charge in [-0.25, -0.2) is 0 Å². The molecule has 23 heavy (non-hydrogen) atoms. The number of nitrogens with two attached hydrogens (primary N) is 1. The molecule has 1 aliphatic rings. The van der Waals surface area contributed by atoms with Gasteiger partial charge >= 0.3 is 0 Å². The molecule has 2 amide bonds. The SMILES string of the molecule is CCNC(=O)COc1ccc(NC(=O)C2CCC(N)C2)cc1.Cl. The predicted molar refractivity (Wildman–Crippen MR) is 91.8 cm³/mol. The van der Waals surface area contributed by atoms with Crippen molar-refractivity contribution in [3.8, 4) is 5.75 Å². The molecule has 7 heteroatoms. The molecule has 4 N–H and O–H groups in total. The van der Waals surface area contributed by atoms with Crippen LogP contribution < -0.4 is 21.1 Å². The summed E-state index contributed by atoms with van der Waals surface area (Å²) in [7, 11) is 0. The van der Waals surface area contributed by atoms with Gasteiger partial charge in [-0.2, -0.15) is 0 Å². The number of hydrogen-bond acceptors (Lipinski definition) is 4. The van der Waals surface area contributed by atoms with Crippen LogP contribution in [0.15, 0.2) is 24.3 Å². The molecule has 2 unspecified atom stereocenters. The summed E-state index contributed by atoms with van der Waals surface area (Å²) in [6, 6.07) is 7.13. The Balaban J connectivity index is 0.00000264. The molecule has 1 aromatic carbocycles. The number of benzene rings is 1. The van der Waals surface area contributed by atoms with Crippen LogP contribution in [0, 0.1) is 5.92 Å². The Labute approximate surface area is 142 Å². The Hall–Kier alpha value is -1.79. The van der Waals surface area contributed by atoms with Crippen molar-refractivity contribution in [3.05, 3.63) is 24.3 Å². The third kappa shape index (κ3) is 6.08. The maximum atomic E-state index is 12.1. The highest BCUT2D eigenvalue weighted by Crippen LogP contribution is 2.25. The molecule has 1 aliphatic carbocycles. The summed E-state index contributed by atoms with van der Waals surface area (Å²) < 4.78 is 5.35. The van der Waals surface area contributed by atoms with Crippen molar-refractivity contribution in [2.45, 2.75) is 32.2 Å². The predicted octanol–water partition coefficient (Wildman–Crippen LogP) is 1.69. The van der Waals surface area contributed by atoms with E-state index in [0.717, 1.165) is 24.9 Å². The third-order valence-corrected chi connectivity index (χ3v) is 3.71. The lowest BCUT2D eigenvalue weighted by molar-refractivity contribution is -0.123. The van der Waals surface area contributed by atoms with Gasteiger partial charge in [0.1, 0.15) is 5.75 Å². The Morgan fingerprint density at radius 3 is 2.52 bits per heavy atom. The second-order valence-corrected chi connectivity index (χ2v) is 5.53. The zero-order valence-corrected chi connectivity index (χ0v) is 14.0. The summed E-state index contributed by atoms with van der Waals surface area (Å²) in [5.41, 5.74) is 6.54. The Bertz CT molecular complexity index is 522. The zero-order chi connectivity index (χ0) is 15.9. The van der Waals surface area contributed by atoms with Gasteiger partial charge < -0.3 is 21.1 Å². The number of carbonyl (C=O) groups excluding carboxylic acids is 2. The molecular weight excluding hydrogens is 318 g/mol. The third-order valence-electron chi connectivity index (χ3n) is 3.71. The first kappa shape index (κ1) is 19.3. The average molecular weight is 342 g/mol. The molecule has 1 aromatic rings. The van der Waals surface area contributed by atoms with Crippen LogP contribution in [0.1, 0.15) is 26.2 Å². The number of rotatable bonds is 6. The van der Waals surface area contributed by atoms with Crippen LogP contribution in [-0.2, 0) is 9.59 Å². The van der Waals surface area contributed by atoms with Crippen molar-refractivity contribution in [1.29, 1.82) is 0 Å². The molecule has 1 saturated carbocycles. The van der Waals surface area contributed by atoms with Crippen LogP contribution in [0.2, 0.25) is 0 Å². The minimum absolute atomic E-state index is 0. The summed E-state index contributed by atoms with van der Waals surface area (Å²) in [4.78, 5) is 23.4. The normalized spacial score (nSPS) is 19.6. The minimum Gasteiger partial charge on any atom is -0.484 e. The van der Waals surface area contributed by atoms with Crippen LogP contribution in [0.3, 0.4) is 0 Å². The number of amides is 2. The van der Waals surface area contributed by atoms with Crippen LogP contribution >= 0.6 is 12.4 Å². The van der Waals surface area contributed by atoms with Gasteiger partial charge in [0.2, 0.25) is 5.91 Å². The second kappa shape index (κ2) is 9.37. The number of halogens is 1. The van der Waals surface area contributed by atoms with Gasteiger partial charge in [-0.3, -0.25) is 9.59 Å². The standard InChI is InChI=1S/C16H23N3O3.ClH/c1-2-18-15(20)10-22-14-7-5-13(6-8-14)19-16(21)11-3-4-12(17)9-11;/h5-8,11-12H,2-4,9-10,17H2,1H3,(H,18,20)(H,19,21);1H. The van der Waals surface area contributed by atoms with E-state index in [-0.39, 0.29) is 42.8 Å². The summed E-state index contributed by atoms with van der Waals surface area (Å²) in [5, 5.41) is 5.54. The Morgan fingerprint density at radius 1 is 1.26 bits per heavy atom. The first-order valence-corrected chi connectivity index (χ1v) is 7.64. The van der Waals surface area contributed by atoms with E-state index in [1.807, 2.05) is 6.92 Å². The molecule has 0 heterocycles. The minimum atomic E-state index is -0.155. The smallest absolute Gasteiger partial charge is 0.257 e. The fraction of sp³-hybridized carbons (Fsp3) is 0.500. The van der Waals surface area contributed by atoms with Crippen LogP contribution in [-0.4, -0.2) is 31.0 Å².